The van der Waals surface area contributed by atoms with E-state index in [0.29, 0.717) is 42.5 Å². The molecule has 14 heteroatoms. The predicted molar refractivity (Wildman–Crippen MR) is 177 cm³/mol. The molecule has 6 rings (SSSR count). The zero-order valence-corrected chi connectivity index (χ0v) is 28.3. The van der Waals surface area contributed by atoms with Crippen LogP contribution in [-0.4, -0.2) is 84.7 Å². The van der Waals surface area contributed by atoms with E-state index < -0.39 is 53.2 Å². The fourth-order valence-corrected chi connectivity index (χ4v) is 7.40. The molecule has 3 fully saturated rings. The van der Waals surface area contributed by atoms with Crippen molar-refractivity contribution in [2.75, 3.05) is 6.54 Å². The third-order valence-corrected chi connectivity index (χ3v) is 10.0. The second kappa shape index (κ2) is 13.7. The summed E-state index contributed by atoms with van der Waals surface area (Å²) in [5, 5.41) is 17.7. The van der Waals surface area contributed by atoms with Crippen LogP contribution in [0.5, 0.6) is 5.88 Å². The first-order chi connectivity index (χ1) is 22.9. The monoisotopic (exact) mass is 678 g/mol. The quantitative estimate of drug-likeness (QED) is 0.343. The number of amides is 3. The summed E-state index contributed by atoms with van der Waals surface area (Å²) in [6, 6.07) is 5.40. The Morgan fingerprint density at radius 1 is 1.08 bits per heavy atom. The number of carbonyl (C=O) groups is 4. The molecule has 1 saturated carbocycles. The van der Waals surface area contributed by atoms with Crippen molar-refractivity contribution in [3.63, 3.8) is 0 Å². The molecule has 0 bridgehead atoms. The Morgan fingerprint density at radius 2 is 1.85 bits per heavy atom. The van der Waals surface area contributed by atoms with Gasteiger partial charge in [0, 0.05) is 12.6 Å². The number of pyridine rings is 1. The van der Waals surface area contributed by atoms with Crippen LogP contribution < -0.4 is 15.4 Å². The van der Waals surface area contributed by atoms with Gasteiger partial charge in [-0.3, -0.25) is 9.59 Å². The minimum absolute atomic E-state index is 0.0126. The van der Waals surface area contributed by atoms with Crippen LogP contribution in [0.3, 0.4) is 0 Å². The van der Waals surface area contributed by atoms with Crippen LogP contribution in [0.25, 0.3) is 21.7 Å². The van der Waals surface area contributed by atoms with Crippen LogP contribution in [0.1, 0.15) is 78.6 Å². The van der Waals surface area contributed by atoms with E-state index in [1.165, 1.54) is 16.2 Å². The van der Waals surface area contributed by atoms with Gasteiger partial charge >= 0.3 is 12.1 Å². The summed E-state index contributed by atoms with van der Waals surface area (Å²) in [5.41, 5.74) is -0.638. The molecule has 13 nitrogen and oxygen atoms in total. The number of nitrogens with zero attached hydrogens (tertiary/aromatic N) is 4. The molecule has 3 amide bonds. The lowest BCUT2D eigenvalue weighted by molar-refractivity contribution is -0.146. The van der Waals surface area contributed by atoms with E-state index in [-0.39, 0.29) is 24.8 Å². The molecule has 2 aliphatic heterocycles. The van der Waals surface area contributed by atoms with Crippen molar-refractivity contribution in [2.45, 2.75) is 108 Å². The number of ether oxygens (including phenoxy) is 2. The summed E-state index contributed by atoms with van der Waals surface area (Å²) in [7, 11) is 0. The Hall–Kier alpha value is -4.33. The first-order valence-corrected chi connectivity index (χ1v) is 17.5. The summed E-state index contributed by atoms with van der Waals surface area (Å²) in [4.78, 5) is 69.7. The van der Waals surface area contributed by atoms with Crippen molar-refractivity contribution in [3.05, 3.63) is 35.8 Å². The third-order valence-electron chi connectivity index (χ3n) is 9.16. The van der Waals surface area contributed by atoms with Crippen molar-refractivity contribution >= 4 is 46.4 Å². The van der Waals surface area contributed by atoms with Crippen molar-refractivity contribution in [1.29, 1.82) is 0 Å². The number of rotatable bonds is 5. The highest BCUT2D eigenvalue weighted by Crippen LogP contribution is 2.47. The number of carboxylic acids is 1. The molecule has 0 spiro atoms. The smallest absolute Gasteiger partial charge is 0.408 e. The normalized spacial score (nSPS) is 26.8. The molecule has 3 aliphatic rings. The number of carbonyl (C=O) groups excluding carboxylic acids is 3. The summed E-state index contributed by atoms with van der Waals surface area (Å²) in [6.45, 7) is 5.24. The molecule has 256 valence electrons. The molecule has 2 unspecified atom stereocenters. The lowest BCUT2D eigenvalue weighted by atomic mass is 10.0. The van der Waals surface area contributed by atoms with Crippen molar-refractivity contribution in [2.24, 2.45) is 5.92 Å². The van der Waals surface area contributed by atoms with E-state index in [2.05, 4.69) is 20.6 Å². The first kappa shape index (κ1) is 33.6. The van der Waals surface area contributed by atoms with Gasteiger partial charge in [-0.2, -0.15) is 4.98 Å². The zero-order chi connectivity index (χ0) is 34.1. The number of hydrogen-bond donors (Lipinski definition) is 3. The lowest BCUT2D eigenvalue weighted by Crippen LogP contribution is -2.56. The van der Waals surface area contributed by atoms with Crippen molar-refractivity contribution in [3.8, 4) is 16.5 Å². The van der Waals surface area contributed by atoms with E-state index in [0.717, 1.165) is 30.6 Å². The molecule has 1 aliphatic carbocycles. The Labute approximate surface area is 282 Å². The fraction of sp³-hybridized carbons (Fsp3) is 0.559. The minimum atomic E-state index is -1.36. The molecule has 48 heavy (non-hydrogen) atoms. The largest absolute Gasteiger partial charge is 0.479 e. The Bertz CT molecular complexity index is 1680. The van der Waals surface area contributed by atoms with Gasteiger partial charge in [0.15, 0.2) is 5.65 Å². The highest BCUT2D eigenvalue weighted by atomic mass is 32.1. The van der Waals surface area contributed by atoms with Gasteiger partial charge < -0.3 is 30.1 Å². The van der Waals surface area contributed by atoms with Crippen LogP contribution in [0.4, 0.5) is 4.79 Å². The average molecular weight is 679 g/mol. The number of thiophene rings is 1. The predicted octanol–water partition coefficient (Wildman–Crippen LogP) is 4.70. The van der Waals surface area contributed by atoms with Gasteiger partial charge in [0.05, 0.1) is 11.4 Å². The van der Waals surface area contributed by atoms with Gasteiger partial charge in [-0.05, 0) is 69.5 Å². The van der Waals surface area contributed by atoms with E-state index in [9.17, 15) is 24.3 Å². The molecular formula is C34H42N6O7S. The molecule has 0 aromatic carbocycles. The van der Waals surface area contributed by atoms with Crippen LogP contribution in [0, 0.1) is 5.92 Å². The topological polar surface area (TPSA) is 173 Å². The minimum Gasteiger partial charge on any atom is -0.479 e. The standard InChI is InChI=1S/C34H42N6O7S/c1-33(2,3)47-32(45)37-23-12-8-6-4-5-7-11-20-18-34(20,31(43)44)39-28(41)24-17-21(19-40(24)30(23)42)46-29-26(25-14-10-16-48-25)36-22-13-9-15-35-27(22)38-29/h9-10,13-16,20-21,23-24H,4-8,11-12,17-19H2,1-3H3,(H,37,45)(H,39,41)(H,43,44)/t20?,21-,23+,24+,34?/m1/s1. The summed E-state index contributed by atoms with van der Waals surface area (Å²) in [6.07, 6.45) is 5.93. The van der Waals surface area contributed by atoms with E-state index in [4.69, 9.17) is 14.5 Å². The number of aliphatic carboxylic acids is 1. The van der Waals surface area contributed by atoms with Gasteiger partial charge in [0.25, 0.3) is 0 Å². The van der Waals surface area contributed by atoms with E-state index in [1.54, 1.807) is 33.0 Å². The van der Waals surface area contributed by atoms with Crippen molar-refractivity contribution in [1.82, 2.24) is 30.5 Å². The van der Waals surface area contributed by atoms with Crippen LogP contribution >= 0.6 is 11.3 Å². The summed E-state index contributed by atoms with van der Waals surface area (Å²) in [5.74, 6) is -2.04. The number of hydrogen-bond acceptors (Lipinski definition) is 10. The number of carboxylic acid groups (broad SMARTS) is 1. The molecule has 0 radical (unpaired) electrons. The Morgan fingerprint density at radius 3 is 2.58 bits per heavy atom. The maximum Gasteiger partial charge on any atom is 0.408 e. The number of fused-ring (bicyclic) bond motifs is 3. The molecule has 3 N–H and O–H groups in total. The first-order valence-electron chi connectivity index (χ1n) is 16.6. The summed E-state index contributed by atoms with van der Waals surface area (Å²) < 4.78 is 11.9. The van der Waals surface area contributed by atoms with E-state index >= 15 is 0 Å². The lowest BCUT2D eigenvalue weighted by Gasteiger charge is -2.30. The molecule has 3 aromatic heterocycles. The van der Waals surface area contributed by atoms with Gasteiger partial charge in [-0.15, -0.1) is 11.3 Å². The molecule has 5 heterocycles. The molecule has 5 atom stereocenters. The highest BCUT2D eigenvalue weighted by Gasteiger charge is 2.62. The van der Waals surface area contributed by atoms with Crippen molar-refractivity contribution < 1.29 is 33.8 Å². The van der Waals surface area contributed by atoms with Gasteiger partial charge in [0.1, 0.15) is 40.5 Å². The average Bonchev–Trinajstić information content (AvgIpc) is 3.34. The maximum absolute atomic E-state index is 14.3. The van der Waals surface area contributed by atoms with Gasteiger partial charge in [0.2, 0.25) is 17.7 Å². The highest BCUT2D eigenvalue weighted by molar-refractivity contribution is 7.13. The number of nitrogens with one attached hydrogen (secondary N) is 2. The number of alkyl carbamates (subject to hydrolysis) is 1. The second-order valence-electron chi connectivity index (χ2n) is 13.9. The van der Waals surface area contributed by atoms with Gasteiger partial charge in [-0.25, -0.2) is 19.6 Å². The van der Waals surface area contributed by atoms with Crippen LogP contribution in [0.2, 0.25) is 0 Å². The summed E-state index contributed by atoms with van der Waals surface area (Å²) >= 11 is 1.47. The Kier molecular flexibility index (Phi) is 9.55. The second-order valence-corrected chi connectivity index (χ2v) is 14.8. The van der Waals surface area contributed by atoms with Crippen LogP contribution in [-0.2, 0) is 19.1 Å². The molecule has 3 aromatic rings. The molecular weight excluding hydrogens is 636 g/mol. The van der Waals surface area contributed by atoms with Crippen LogP contribution in [0.15, 0.2) is 35.8 Å². The number of aromatic nitrogens is 3. The third kappa shape index (κ3) is 7.38. The van der Waals surface area contributed by atoms with Gasteiger partial charge in [-0.1, -0.05) is 38.2 Å². The SMILES string of the molecule is CC(C)(C)OC(=O)N[C@H]1CCCCCCCC2CC2(C(=O)O)NC(=O)[C@@H]2C[C@@H](Oc3nc4ncccc4nc3-c3cccs3)CN2C1=O. The zero-order valence-electron chi connectivity index (χ0n) is 27.4. The fourth-order valence-electron chi connectivity index (χ4n) is 6.69. The van der Waals surface area contributed by atoms with E-state index in [1.807, 2.05) is 23.6 Å². The maximum atomic E-state index is 14.3. The Balaban J connectivity index is 1.32. The molecule has 2 saturated heterocycles.